The molecule has 3 aromatic rings. The number of nitrogens with zero attached hydrogens (tertiary/aromatic N) is 1. The molecular formula is C23H25N3O2. The van der Waals surface area contributed by atoms with Gasteiger partial charge < -0.3 is 15.0 Å². The van der Waals surface area contributed by atoms with Crippen molar-refractivity contribution in [2.75, 3.05) is 26.7 Å². The Bertz CT molecular complexity index is 989. The average molecular weight is 375 g/mol. The van der Waals surface area contributed by atoms with Gasteiger partial charge in [-0.1, -0.05) is 36.4 Å². The molecule has 28 heavy (non-hydrogen) atoms. The minimum Gasteiger partial charge on any atom is -0.497 e. The van der Waals surface area contributed by atoms with Gasteiger partial charge in [0.2, 0.25) is 5.91 Å². The molecule has 0 atom stereocenters. The summed E-state index contributed by atoms with van der Waals surface area (Å²) in [5, 5.41) is 4.26. The van der Waals surface area contributed by atoms with Crippen molar-refractivity contribution in [3.63, 3.8) is 0 Å². The van der Waals surface area contributed by atoms with E-state index in [4.69, 9.17) is 4.74 Å². The lowest BCUT2D eigenvalue weighted by atomic mass is 9.99. The maximum absolute atomic E-state index is 12.3. The van der Waals surface area contributed by atoms with Gasteiger partial charge in [0.1, 0.15) is 5.75 Å². The van der Waals surface area contributed by atoms with Gasteiger partial charge in [-0.25, -0.2) is 0 Å². The van der Waals surface area contributed by atoms with Crippen LogP contribution in [0.4, 0.5) is 0 Å². The number of carbonyl (C=O) groups excluding carboxylic acids is 1. The van der Waals surface area contributed by atoms with Gasteiger partial charge >= 0.3 is 0 Å². The monoisotopic (exact) mass is 375 g/mol. The molecule has 0 bridgehead atoms. The smallest absolute Gasteiger partial charge is 0.234 e. The minimum absolute atomic E-state index is 0.0553. The number of amides is 1. The fourth-order valence-electron chi connectivity index (χ4n) is 3.64. The van der Waals surface area contributed by atoms with E-state index >= 15 is 0 Å². The highest BCUT2D eigenvalue weighted by Crippen LogP contribution is 2.28. The third kappa shape index (κ3) is 4.10. The molecule has 0 fully saturated rings. The van der Waals surface area contributed by atoms with Crippen molar-refractivity contribution < 1.29 is 9.53 Å². The second kappa shape index (κ2) is 8.31. The zero-order valence-corrected chi connectivity index (χ0v) is 16.1. The summed E-state index contributed by atoms with van der Waals surface area (Å²) < 4.78 is 5.15. The zero-order valence-electron chi connectivity index (χ0n) is 16.1. The lowest BCUT2D eigenvalue weighted by Gasteiger charge is -2.25. The van der Waals surface area contributed by atoms with Gasteiger partial charge in [-0.3, -0.25) is 9.69 Å². The molecule has 1 aliphatic rings. The van der Waals surface area contributed by atoms with Crippen LogP contribution in [0.25, 0.3) is 16.5 Å². The number of rotatable bonds is 6. The first kappa shape index (κ1) is 18.3. The van der Waals surface area contributed by atoms with Gasteiger partial charge in [0, 0.05) is 42.3 Å². The third-order valence-corrected chi connectivity index (χ3v) is 5.24. The molecule has 1 aromatic heterocycles. The van der Waals surface area contributed by atoms with Crippen molar-refractivity contribution in [3.05, 3.63) is 71.9 Å². The maximum atomic E-state index is 12.3. The summed E-state index contributed by atoms with van der Waals surface area (Å²) in [7, 11) is 1.65. The first-order valence-corrected chi connectivity index (χ1v) is 9.60. The quantitative estimate of drug-likeness (QED) is 0.692. The fraction of sp³-hybridized carbons (Fsp3) is 0.261. The van der Waals surface area contributed by atoms with Crippen molar-refractivity contribution in [2.45, 2.75) is 13.0 Å². The second-order valence-electron chi connectivity index (χ2n) is 7.09. The molecule has 1 amide bonds. The Morgan fingerprint density at radius 2 is 2.00 bits per heavy atom. The lowest BCUT2D eigenvalue weighted by molar-refractivity contribution is -0.122. The predicted octanol–water partition coefficient (Wildman–Crippen LogP) is 3.58. The Morgan fingerprint density at radius 3 is 2.75 bits per heavy atom. The number of aromatic nitrogens is 1. The highest BCUT2D eigenvalue weighted by atomic mass is 16.5. The van der Waals surface area contributed by atoms with Crippen LogP contribution in [0.5, 0.6) is 5.75 Å². The van der Waals surface area contributed by atoms with Crippen molar-refractivity contribution in [1.29, 1.82) is 0 Å². The number of fused-ring (bicyclic) bond motifs is 1. The van der Waals surface area contributed by atoms with Gasteiger partial charge in [0.25, 0.3) is 0 Å². The van der Waals surface area contributed by atoms with Crippen LogP contribution in [0.15, 0.2) is 60.8 Å². The molecule has 0 spiro atoms. The van der Waals surface area contributed by atoms with E-state index < -0.39 is 0 Å². The number of carbonyl (C=O) groups is 1. The molecule has 0 radical (unpaired) electrons. The van der Waals surface area contributed by atoms with E-state index in [1.165, 1.54) is 22.0 Å². The van der Waals surface area contributed by atoms with Gasteiger partial charge in [-0.05, 0) is 35.8 Å². The van der Waals surface area contributed by atoms with Gasteiger partial charge in [-0.2, -0.15) is 0 Å². The normalized spacial score (nSPS) is 14.7. The number of benzene rings is 2. The molecule has 1 aliphatic heterocycles. The standard InChI is InChI=1S/C23H25N3O2/c1-28-19-8-6-17(7-9-19)14-25-23(27)16-26-12-10-18(11-13-26)21-15-24-22-5-3-2-4-20(21)22/h2-10,15,24H,11-14,16H2,1H3,(H,25,27). The summed E-state index contributed by atoms with van der Waals surface area (Å²) in [6.45, 7) is 2.65. The molecule has 0 unspecified atom stereocenters. The number of ether oxygens (including phenoxy) is 1. The van der Waals surface area contributed by atoms with Gasteiger partial charge in [-0.15, -0.1) is 0 Å². The molecule has 2 heterocycles. The Morgan fingerprint density at radius 1 is 1.18 bits per heavy atom. The lowest BCUT2D eigenvalue weighted by Crippen LogP contribution is -2.39. The molecule has 0 saturated carbocycles. The van der Waals surface area contributed by atoms with Crippen LogP contribution in [-0.4, -0.2) is 42.5 Å². The van der Waals surface area contributed by atoms with Crippen LogP contribution in [0.3, 0.4) is 0 Å². The Labute approximate surface area is 165 Å². The first-order chi connectivity index (χ1) is 13.7. The van der Waals surface area contributed by atoms with Crippen molar-refractivity contribution in [1.82, 2.24) is 15.2 Å². The maximum Gasteiger partial charge on any atom is 0.234 e. The Hall–Kier alpha value is -3.05. The molecule has 5 nitrogen and oxygen atoms in total. The molecule has 5 heteroatoms. The number of hydrogen-bond donors (Lipinski definition) is 2. The topological polar surface area (TPSA) is 57.4 Å². The van der Waals surface area contributed by atoms with Gasteiger partial charge in [0.15, 0.2) is 0 Å². The number of para-hydroxylation sites is 1. The zero-order chi connectivity index (χ0) is 19.3. The van der Waals surface area contributed by atoms with Crippen LogP contribution < -0.4 is 10.1 Å². The van der Waals surface area contributed by atoms with Crippen LogP contribution in [-0.2, 0) is 11.3 Å². The molecule has 0 saturated heterocycles. The number of nitrogens with one attached hydrogen (secondary N) is 2. The fourth-order valence-corrected chi connectivity index (χ4v) is 3.64. The number of H-pyrrole nitrogens is 1. The van der Waals surface area contributed by atoms with Crippen LogP contribution in [0.1, 0.15) is 17.5 Å². The second-order valence-corrected chi connectivity index (χ2v) is 7.09. The van der Waals surface area contributed by atoms with Crippen LogP contribution in [0.2, 0.25) is 0 Å². The van der Waals surface area contributed by atoms with E-state index in [2.05, 4.69) is 45.7 Å². The molecule has 4 rings (SSSR count). The van der Waals surface area contributed by atoms with Crippen LogP contribution in [0, 0.1) is 0 Å². The largest absolute Gasteiger partial charge is 0.497 e. The summed E-state index contributed by atoms with van der Waals surface area (Å²) >= 11 is 0. The van der Waals surface area contributed by atoms with E-state index in [-0.39, 0.29) is 5.91 Å². The third-order valence-electron chi connectivity index (χ3n) is 5.24. The highest BCUT2D eigenvalue weighted by molar-refractivity contribution is 5.92. The van der Waals surface area contributed by atoms with E-state index in [0.717, 1.165) is 30.8 Å². The number of hydrogen-bond acceptors (Lipinski definition) is 3. The molecule has 2 N–H and O–H groups in total. The molecule has 0 aliphatic carbocycles. The summed E-state index contributed by atoms with van der Waals surface area (Å²) in [6, 6.07) is 16.1. The van der Waals surface area contributed by atoms with Crippen molar-refractivity contribution in [2.24, 2.45) is 0 Å². The van der Waals surface area contributed by atoms with Gasteiger partial charge in [0.05, 0.1) is 13.7 Å². The minimum atomic E-state index is 0.0553. The van der Waals surface area contributed by atoms with E-state index in [9.17, 15) is 4.79 Å². The van der Waals surface area contributed by atoms with E-state index in [1.54, 1.807) is 7.11 Å². The summed E-state index contributed by atoms with van der Waals surface area (Å²) in [6.07, 6.45) is 5.29. The number of methoxy groups -OCH3 is 1. The summed E-state index contributed by atoms with van der Waals surface area (Å²) in [5.41, 5.74) is 4.86. The van der Waals surface area contributed by atoms with Crippen LogP contribution >= 0.6 is 0 Å². The highest BCUT2D eigenvalue weighted by Gasteiger charge is 2.17. The van der Waals surface area contributed by atoms with E-state index in [0.29, 0.717) is 13.1 Å². The Kier molecular flexibility index (Phi) is 5.44. The predicted molar refractivity (Wildman–Crippen MR) is 112 cm³/mol. The summed E-state index contributed by atoms with van der Waals surface area (Å²) in [5.74, 6) is 0.876. The average Bonchev–Trinajstić information content (AvgIpc) is 3.17. The first-order valence-electron chi connectivity index (χ1n) is 9.60. The Balaban J connectivity index is 1.30. The van der Waals surface area contributed by atoms with Crippen molar-refractivity contribution in [3.8, 4) is 5.75 Å². The molecular weight excluding hydrogens is 350 g/mol. The molecule has 144 valence electrons. The van der Waals surface area contributed by atoms with E-state index in [1.807, 2.05) is 30.3 Å². The SMILES string of the molecule is COc1ccc(CNC(=O)CN2CC=C(c3c[nH]c4ccccc34)CC2)cc1. The molecule has 2 aromatic carbocycles. The number of aromatic amines is 1. The van der Waals surface area contributed by atoms with Crippen molar-refractivity contribution >= 4 is 22.4 Å². The summed E-state index contributed by atoms with van der Waals surface area (Å²) in [4.78, 5) is 17.8.